The van der Waals surface area contributed by atoms with Crippen LogP contribution in [0.15, 0.2) is 0 Å². The summed E-state index contributed by atoms with van der Waals surface area (Å²) in [5, 5.41) is 15.0. The molecule has 0 spiro atoms. The van der Waals surface area contributed by atoms with Crippen molar-refractivity contribution in [3.63, 3.8) is 0 Å². The Hall–Kier alpha value is -0.590. The molecular weight excluding hydrogens is 174 g/mol. The molecule has 14 heavy (non-hydrogen) atoms. The number of piperazine rings is 1. The van der Waals surface area contributed by atoms with Gasteiger partial charge in [-0.15, -0.1) is 0 Å². The van der Waals surface area contributed by atoms with Gasteiger partial charge in [-0.1, -0.05) is 20.8 Å². The predicted molar refractivity (Wildman–Crippen MR) is 60.0 cm³/mol. The summed E-state index contributed by atoms with van der Waals surface area (Å²) >= 11 is 0. The summed E-state index contributed by atoms with van der Waals surface area (Å²) in [4.78, 5) is 0. The van der Waals surface area contributed by atoms with E-state index < -0.39 is 0 Å². The van der Waals surface area contributed by atoms with Crippen LogP contribution in [0.4, 0.5) is 0 Å². The Balaban J connectivity index is 0.000000364. The zero-order chi connectivity index (χ0) is 11.0. The van der Waals surface area contributed by atoms with E-state index in [0.29, 0.717) is 18.5 Å². The second kappa shape index (κ2) is 7.78. The minimum absolute atomic E-state index is 0.362. The van der Waals surface area contributed by atoms with E-state index in [2.05, 4.69) is 44.4 Å². The summed E-state index contributed by atoms with van der Waals surface area (Å²) in [6, 6.07) is 3.06. The molecule has 0 bridgehead atoms. The van der Waals surface area contributed by atoms with Crippen molar-refractivity contribution in [1.82, 2.24) is 10.6 Å². The van der Waals surface area contributed by atoms with Gasteiger partial charge in [0.1, 0.15) is 0 Å². The molecule has 0 aromatic rings. The van der Waals surface area contributed by atoms with Crippen LogP contribution in [-0.4, -0.2) is 25.2 Å². The second-order valence-electron chi connectivity index (χ2n) is 4.51. The van der Waals surface area contributed by atoms with E-state index in [9.17, 15) is 0 Å². The van der Waals surface area contributed by atoms with Gasteiger partial charge in [-0.25, -0.2) is 0 Å². The number of hydrogen-bond donors (Lipinski definition) is 2. The average Bonchev–Trinajstić information content (AvgIpc) is 2.08. The van der Waals surface area contributed by atoms with E-state index in [1.54, 1.807) is 0 Å². The Morgan fingerprint density at radius 2 is 1.86 bits per heavy atom. The van der Waals surface area contributed by atoms with Crippen molar-refractivity contribution in [3.8, 4) is 6.07 Å². The molecule has 1 rings (SSSR count). The van der Waals surface area contributed by atoms with Gasteiger partial charge in [0.15, 0.2) is 0 Å². The highest BCUT2D eigenvalue weighted by Gasteiger charge is 2.15. The fourth-order valence-electron chi connectivity index (χ4n) is 1.09. The molecule has 0 aromatic carbocycles. The third-order valence-electron chi connectivity index (χ3n) is 1.76. The molecule has 1 fully saturated rings. The molecular formula is C11H23N3. The highest BCUT2D eigenvalue weighted by atomic mass is 15.1. The van der Waals surface area contributed by atoms with Gasteiger partial charge in [0.25, 0.3) is 0 Å². The molecule has 0 aromatic heterocycles. The summed E-state index contributed by atoms with van der Waals surface area (Å²) in [5.74, 6) is 0.833. The fraction of sp³-hybridized carbons (Fsp3) is 0.909. The lowest BCUT2D eigenvalue weighted by Crippen LogP contribution is -2.52. The average molecular weight is 197 g/mol. The zero-order valence-corrected chi connectivity index (χ0v) is 9.80. The monoisotopic (exact) mass is 197 g/mol. The first kappa shape index (κ1) is 13.4. The molecule has 1 aliphatic rings. The molecule has 1 saturated heterocycles. The molecule has 0 aliphatic carbocycles. The van der Waals surface area contributed by atoms with Crippen LogP contribution < -0.4 is 10.6 Å². The van der Waals surface area contributed by atoms with E-state index >= 15 is 0 Å². The van der Waals surface area contributed by atoms with Gasteiger partial charge in [-0.05, 0) is 12.8 Å². The van der Waals surface area contributed by atoms with Crippen molar-refractivity contribution in [2.24, 2.45) is 5.92 Å². The van der Waals surface area contributed by atoms with Crippen LogP contribution in [-0.2, 0) is 0 Å². The van der Waals surface area contributed by atoms with Crippen LogP contribution in [0.1, 0.15) is 34.1 Å². The molecule has 82 valence electrons. The Labute approximate surface area is 87.9 Å². The van der Waals surface area contributed by atoms with Gasteiger partial charge in [-0.3, -0.25) is 0 Å². The summed E-state index contributed by atoms with van der Waals surface area (Å²) in [6.07, 6.45) is 0.611. The maximum absolute atomic E-state index is 8.37. The van der Waals surface area contributed by atoms with Crippen LogP contribution >= 0.6 is 0 Å². The van der Waals surface area contributed by atoms with E-state index in [4.69, 9.17) is 5.26 Å². The molecule has 1 heterocycles. The van der Waals surface area contributed by atoms with Gasteiger partial charge >= 0.3 is 0 Å². The number of nitrogens with one attached hydrogen (secondary N) is 2. The van der Waals surface area contributed by atoms with Crippen LogP contribution in [0.2, 0.25) is 0 Å². The zero-order valence-electron chi connectivity index (χ0n) is 9.80. The summed E-state index contributed by atoms with van der Waals surface area (Å²) in [7, 11) is 0. The first-order chi connectivity index (χ1) is 6.56. The number of nitrogens with zero attached hydrogens (tertiary/aromatic N) is 1. The summed E-state index contributed by atoms with van der Waals surface area (Å²) in [6.45, 7) is 10.5. The minimum atomic E-state index is 0.362. The molecule has 1 aliphatic heterocycles. The second-order valence-corrected chi connectivity index (χ2v) is 4.51. The van der Waals surface area contributed by atoms with Gasteiger partial charge in [-0.2, -0.15) is 5.26 Å². The highest BCUT2D eigenvalue weighted by molar-refractivity contribution is 4.87. The van der Waals surface area contributed by atoms with Crippen molar-refractivity contribution in [2.45, 2.75) is 46.2 Å². The first-order valence-corrected chi connectivity index (χ1v) is 5.40. The smallest absolute Gasteiger partial charge is 0.0638 e. The Bertz CT molecular complexity index is 161. The lowest BCUT2D eigenvalue weighted by molar-refractivity contribution is 0.363. The van der Waals surface area contributed by atoms with E-state index in [0.717, 1.165) is 19.0 Å². The normalized spacial score (nSPS) is 26.3. The van der Waals surface area contributed by atoms with Crippen molar-refractivity contribution >= 4 is 0 Å². The van der Waals surface area contributed by atoms with Gasteiger partial charge in [0.2, 0.25) is 0 Å². The van der Waals surface area contributed by atoms with E-state index in [-0.39, 0.29) is 0 Å². The SMILES string of the molecule is CC(C)C.CC1CNC(CC#N)CN1. The summed E-state index contributed by atoms with van der Waals surface area (Å²) in [5.41, 5.74) is 0. The Morgan fingerprint density at radius 1 is 1.29 bits per heavy atom. The molecule has 2 unspecified atom stereocenters. The molecule has 2 atom stereocenters. The lowest BCUT2D eigenvalue weighted by Gasteiger charge is -2.27. The molecule has 3 nitrogen and oxygen atoms in total. The van der Waals surface area contributed by atoms with Crippen LogP contribution in [0.25, 0.3) is 0 Å². The standard InChI is InChI=1S/C7H13N3.C4H10/c1-6-4-10-7(2-3-8)5-9-6;1-4(2)3/h6-7,9-10H,2,4-5H2,1H3;4H,1-3H3. The lowest BCUT2D eigenvalue weighted by atomic mass is 10.1. The molecule has 2 N–H and O–H groups in total. The van der Waals surface area contributed by atoms with Crippen LogP contribution in [0.3, 0.4) is 0 Å². The molecule has 0 saturated carbocycles. The van der Waals surface area contributed by atoms with Crippen molar-refractivity contribution in [1.29, 1.82) is 5.26 Å². The third kappa shape index (κ3) is 8.03. The Kier molecular flexibility index (Phi) is 7.45. The van der Waals surface area contributed by atoms with Crippen molar-refractivity contribution in [2.75, 3.05) is 13.1 Å². The van der Waals surface area contributed by atoms with E-state index in [1.807, 2.05) is 0 Å². The largest absolute Gasteiger partial charge is 0.311 e. The maximum Gasteiger partial charge on any atom is 0.0638 e. The van der Waals surface area contributed by atoms with Crippen molar-refractivity contribution in [3.05, 3.63) is 0 Å². The number of rotatable bonds is 1. The van der Waals surface area contributed by atoms with Gasteiger partial charge < -0.3 is 10.6 Å². The summed E-state index contributed by atoms with van der Waals surface area (Å²) < 4.78 is 0. The van der Waals surface area contributed by atoms with Crippen LogP contribution in [0.5, 0.6) is 0 Å². The van der Waals surface area contributed by atoms with Crippen molar-refractivity contribution < 1.29 is 0 Å². The fourth-order valence-corrected chi connectivity index (χ4v) is 1.09. The molecule has 3 heteroatoms. The first-order valence-electron chi connectivity index (χ1n) is 5.40. The highest BCUT2D eigenvalue weighted by Crippen LogP contribution is 1.95. The third-order valence-corrected chi connectivity index (χ3v) is 1.76. The maximum atomic E-state index is 8.37. The number of hydrogen-bond acceptors (Lipinski definition) is 3. The van der Waals surface area contributed by atoms with E-state index in [1.165, 1.54) is 0 Å². The predicted octanol–water partition coefficient (Wildman–Crippen LogP) is 1.51. The van der Waals surface area contributed by atoms with Gasteiger partial charge in [0, 0.05) is 25.2 Å². The van der Waals surface area contributed by atoms with Gasteiger partial charge in [0.05, 0.1) is 12.5 Å². The Morgan fingerprint density at radius 3 is 2.21 bits per heavy atom. The topological polar surface area (TPSA) is 47.9 Å². The van der Waals surface area contributed by atoms with Crippen LogP contribution in [0, 0.1) is 17.2 Å². The minimum Gasteiger partial charge on any atom is -0.311 e. The number of nitriles is 1. The molecule has 0 amide bonds. The quantitative estimate of drug-likeness (QED) is 0.670. The molecule has 0 radical (unpaired) electrons.